The highest BCUT2D eigenvalue weighted by Crippen LogP contribution is 2.35. The molecule has 3 aromatic heterocycles. The van der Waals surface area contributed by atoms with Gasteiger partial charge in [-0.05, 0) is 30.7 Å². The lowest BCUT2D eigenvalue weighted by Gasteiger charge is -2.07. The predicted octanol–water partition coefficient (Wildman–Crippen LogP) is 3.93. The highest BCUT2D eigenvalue weighted by atomic mass is 19.4. The van der Waals surface area contributed by atoms with E-state index in [0.717, 1.165) is 11.8 Å². The molecule has 0 saturated heterocycles. The summed E-state index contributed by atoms with van der Waals surface area (Å²) in [6.07, 6.45) is -0.681. The largest absolute Gasteiger partial charge is 0.418 e. The molecule has 3 N–H and O–H groups in total. The first-order chi connectivity index (χ1) is 12.7. The average Bonchev–Trinajstić information content (AvgIpc) is 3.17. The summed E-state index contributed by atoms with van der Waals surface area (Å²) in [7, 11) is 0. The Morgan fingerprint density at radius 1 is 1.19 bits per heavy atom. The van der Waals surface area contributed by atoms with Gasteiger partial charge in [0.25, 0.3) is 11.5 Å². The van der Waals surface area contributed by atoms with Crippen LogP contribution < -0.4 is 10.9 Å². The molecule has 0 atom stereocenters. The molecule has 9 heteroatoms. The van der Waals surface area contributed by atoms with Crippen LogP contribution in [0, 0.1) is 6.92 Å². The van der Waals surface area contributed by atoms with Gasteiger partial charge in [0.1, 0.15) is 11.2 Å². The quantitative estimate of drug-likeness (QED) is 0.495. The van der Waals surface area contributed by atoms with Crippen LogP contribution >= 0.6 is 0 Å². The Morgan fingerprint density at radius 3 is 2.70 bits per heavy atom. The van der Waals surface area contributed by atoms with Crippen molar-refractivity contribution < 1.29 is 19.4 Å². The molecule has 0 radical (unpaired) electrons. The van der Waals surface area contributed by atoms with Crippen LogP contribution in [0.15, 0.2) is 47.7 Å². The fourth-order valence-electron chi connectivity index (χ4n) is 3.01. The molecule has 0 unspecified atom stereocenters. The highest BCUT2D eigenvalue weighted by Gasteiger charge is 2.33. The lowest BCUT2D eigenvalue weighted by atomic mass is 10.1. The van der Waals surface area contributed by atoms with Crippen molar-refractivity contribution in [2.75, 3.05) is 5.32 Å². The van der Waals surface area contributed by atoms with E-state index >= 15 is 0 Å². The van der Waals surface area contributed by atoms with Gasteiger partial charge in [0, 0.05) is 36.6 Å². The smallest absolute Gasteiger partial charge is 0.360 e. The number of hydrogen-bond acceptors (Lipinski definition) is 2. The van der Waals surface area contributed by atoms with E-state index in [1.807, 2.05) is 6.92 Å². The zero-order chi connectivity index (χ0) is 19.3. The van der Waals surface area contributed by atoms with Crippen LogP contribution in [0.25, 0.3) is 16.6 Å². The van der Waals surface area contributed by atoms with Crippen molar-refractivity contribution in [1.29, 1.82) is 0 Å². The molecule has 1 amide bonds. The number of aryl methyl sites for hydroxylation is 1. The number of carbonyl (C=O) groups excluding carboxylic acids is 1. The number of nitrogens with zero attached hydrogens (tertiary/aromatic N) is 1. The molecule has 0 aliphatic carbocycles. The molecule has 0 spiro atoms. The van der Waals surface area contributed by atoms with E-state index in [0.29, 0.717) is 5.65 Å². The van der Waals surface area contributed by atoms with Crippen molar-refractivity contribution in [2.24, 2.45) is 0 Å². The maximum atomic E-state index is 12.9. The number of rotatable bonds is 2. The van der Waals surface area contributed by atoms with E-state index in [4.69, 9.17) is 0 Å². The predicted molar refractivity (Wildman–Crippen MR) is 96.1 cm³/mol. The third-order valence-electron chi connectivity index (χ3n) is 4.26. The second-order valence-electron chi connectivity index (χ2n) is 6.19. The monoisotopic (exact) mass is 376 g/mol. The Morgan fingerprint density at radius 2 is 1.96 bits per heavy atom. The summed E-state index contributed by atoms with van der Waals surface area (Å²) in [5, 5.41) is 2.54. The topological polar surface area (TPSA) is 82.2 Å². The number of aromatic amines is 2. The average molecular weight is 376 g/mol. The Labute approximate surface area is 151 Å². The first-order valence-electron chi connectivity index (χ1n) is 7.94. The molecule has 0 saturated carbocycles. The van der Waals surface area contributed by atoms with E-state index in [1.54, 1.807) is 12.3 Å². The van der Waals surface area contributed by atoms with Crippen LogP contribution in [0.3, 0.4) is 0 Å². The number of nitrogens with one attached hydrogen (secondary N) is 3. The summed E-state index contributed by atoms with van der Waals surface area (Å²) >= 11 is 0. The van der Waals surface area contributed by atoms with Gasteiger partial charge in [0.15, 0.2) is 0 Å². The number of hydrogen-bond donors (Lipinski definition) is 3. The second-order valence-corrected chi connectivity index (χ2v) is 6.19. The number of alkyl halides is 3. The van der Waals surface area contributed by atoms with Crippen molar-refractivity contribution >= 4 is 28.1 Å². The number of H-pyrrole nitrogens is 2. The van der Waals surface area contributed by atoms with Crippen LogP contribution in [0.2, 0.25) is 0 Å². The van der Waals surface area contributed by atoms with E-state index in [1.165, 1.54) is 28.8 Å². The van der Waals surface area contributed by atoms with Gasteiger partial charge in [-0.3, -0.25) is 14.0 Å². The second kappa shape index (κ2) is 5.76. The van der Waals surface area contributed by atoms with Gasteiger partial charge in [-0.25, -0.2) is 0 Å². The summed E-state index contributed by atoms with van der Waals surface area (Å²) in [6.45, 7) is 1.82. The normalized spacial score (nSPS) is 12.0. The Balaban J connectivity index is 0.00000225. The third-order valence-corrected chi connectivity index (χ3v) is 4.26. The fourth-order valence-corrected chi connectivity index (χ4v) is 3.01. The number of amides is 1. The van der Waals surface area contributed by atoms with Gasteiger partial charge in [-0.15, -0.1) is 0 Å². The summed E-state index contributed by atoms with van der Waals surface area (Å²) in [5.74, 6) is -0.661. The molecule has 4 aromatic rings. The van der Waals surface area contributed by atoms with Gasteiger partial charge >= 0.3 is 6.18 Å². The lowest BCUT2D eigenvalue weighted by Crippen LogP contribution is -2.25. The number of anilines is 1. The van der Waals surface area contributed by atoms with Crippen LogP contribution in [-0.2, 0) is 6.18 Å². The number of carbonyl (C=O) groups is 1. The lowest BCUT2D eigenvalue weighted by molar-refractivity contribution is -0.136. The Kier molecular flexibility index (Phi) is 3.62. The molecular formula is C18H15F3N4O2. The van der Waals surface area contributed by atoms with Crippen molar-refractivity contribution in [1.82, 2.24) is 14.4 Å². The summed E-state index contributed by atoms with van der Waals surface area (Å²) in [6, 6.07) is 5.78. The molecule has 140 valence electrons. The van der Waals surface area contributed by atoms with Crippen LogP contribution in [0.4, 0.5) is 18.9 Å². The SMILES string of the molecule is Cc1cc2[nH]cc(C(=O)Nc3ccc4c(C(F)(F)F)c[nH]c4c3)c(=O)n2c1.[HH]. The maximum Gasteiger partial charge on any atom is 0.418 e. The Hall–Kier alpha value is -3.49. The van der Waals surface area contributed by atoms with Crippen molar-refractivity contribution in [2.45, 2.75) is 13.1 Å². The number of fused-ring (bicyclic) bond motifs is 2. The molecule has 0 aliphatic rings. The van der Waals surface area contributed by atoms with E-state index in [9.17, 15) is 22.8 Å². The zero-order valence-corrected chi connectivity index (χ0v) is 13.9. The zero-order valence-electron chi connectivity index (χ0n) is 13.9. The third kappa shape index (κ3) is 2.86. The standard InChI is InChI=1S/C18H13F3N4O2.H2/c1-9-4-15-23-6-12(17(27)25(15)8-9)16(26)24-10-2-3-11-13(18(19,20)21)7-22-14(11)5-10;/h2-8,22-23H,1H3,(H,24,26);1H. The summed E-state index contributed by atoms with van der Waals surface area (Å²) in [5.41, 5.74) is 0.535. The van der Waals surface area contributed by atoms with Gasteiger partial charge in [-0.1, -0.05) is 6.07 Å². The fraction of sp³-hybridized carbons (Fsp3) is 0.111. The van der Waals surface area contributed by atoms with Crippen molar-refractivity contribution in [3.63, 3.8) is 0 Å². The number of aromatic nitrogens is 3. The van der Waals surface area contributed by atoms with E-state index < -0.39 is 23.2 Å². The molecule has 6 nitrogen and oxygen atoms in total. The van der Waals surface area contributed by atoms with Crippen LogP contribution in [0.1, 0.15) is 22.9 Å². The molecule has 0 fully saturated rings. The van der Waals surface area contributed by atoms with Gasteiger partial charge < -0.3 is 15.3 Å². The van der Waals surface area contributed by atoms with Crippen LogP contribution in [0.5, 0.6) is 0 Å². The minimum atomic E-state index is -4.47. The maximum absolute atomic E-state index is 12.9. The molecule has 0 bridgehead atoms. The molecule has 3 heterocycles. The number of halogens is 3. The van der Waals surface area contributed by atoms with Gasteiger partial charge in [0.2, 0.25) is 0 Å². The van der Waals surface area contributed by atoms with Gasteiger partial charge in [-0.2, -0.15) is 13.2 Å². The molecule has 0 aliphatic heterocycles. The van der Waals surface area contributed by atoms with Crippen LogP contribution in [-0.4, -0.2) is 20.3 Å². The molecular weight excluding hydrogens is 361 g/mol. The van der Waals surface area contributed by atoms with Crippen molar-refractivity contribution in [3.05, 3.63) is 69.9 Å². The molecule has 1 aromatic carbocycles. The van der Waals surface area contributed by atoms with Crippen molar-refractivity contribution in [3.8, 4) is 0 Å². The summed E-state index contributed by atoms with van der Waals surface area (Å²) in [4.78, 5) is 30.3. The minimum Gasteiger partial charge on any atom is -0.360 e. The highest BCUT2D eigenvalue weighted by molar-refractivity contribution is 6.04. The van der Waals surface area contributed by atoms with E-state index in [2.05, 4.69) is 15.3 Å². The first-order valence-corrected chi connectivity index (χ1v) is 7.94. The summed E-state index contributed by atoms with van der Waals surface area (Å²) < 4.78 is 40.1. The number of benzene rings is 1. The molecule has 4 rings (SSSR count). The molecule has 27 heavy (non-hydrogen) atoms. The van der Waals surface area contributed by atoms with E-state index in [-0.39, 0.29) is 23.6 Å². The minimum absolute atomic E-state index is 0. The Bertz CT molecular complexity index is 1250. The van der Waals surface area contributed by atoms with Gasteiger partial charge in [0.05, 0.1) is 5.56 Å². The first kappa shape index (κ1) is 17.0.